The van der Waals surface area contributed by atoms with Gasteiger partial charge in [-0.05, 0) is 31.2 Å². The number of carbonyl (C=O) groups excluding carboxylic acids is 1. The third-order valence-electron chi connectivity index (χ3n) is 1.74. The predicted molar refractivity (Wildman–Crippen MR) is 58.0 cm³/mol. The molecule has 4 heteroatoms. The van der Waals surface area contributed by atoms with Crippen LogP contribution in [0, 0.1) is 0 Å². The first-order valence-electron chi connectivity index (χ1n) is 4.14. The summed E-state index contributed by atoms with van der Waals surface area (Å²) < 4.78 is 0. The minimum absolute atomic E-state index is 0.176. The number of carbonyl (C=O) groups is 1. The first kappa shape index (κ1) is 10.7. The van der Waals surface area contributed by atoms with Gasteiger partial charge >= 0.3 is 0 Å². The highest BCUT2D eigenvalue weighted by Gasteiger charge is 2.04. The molecule has 0 radical (unpaired) electrons. The molecule has 0 aromatic heterocycles. The summed E-state index contributed by atoms with van der Waals surface area (Å²) in [5.41, 5.74) is 0.567. The molecule has 74 valence electrons. The van der Waals surface area contributed by atoms with E-state index in [4.69, 9.17) is 11.6 Å². The van der Waals surface area contributed by atoms with Gasteiger partial charge in [-0.1, -0.05) is 11.6 Å². The third kappa shape index (κ3) is 2.85. The van der Waals surface area contributed by atoms with Gasteiger partial charge in [-0.2, -0.15) is 0 Å². The molecule has 0 bridgehead atoms. The molecule has 1 N–H and O–H groups in total. The fourth-order valence-electron chi connectivity index (χ4n) is 0.894. The van der Waals surface area contributed by atoms with E-state index < -0.39 is 0 Å². The number of hydrogen-bond acceptors (Lipinski definition) is 2. The van der Waals surface area contributed by atoms with E-state index in [9.17, 15) is 4.79 Å². The van der Waals surface area contributed by atoms with Crippen LogP contribution < -0.4 is 5.32 Å². The second-order valence-corrected chi connectivity index (χ2v) is 3.21. The first-order chi connectivity index (χ1) is 6.63. The van der Waals surface area contributed by atoms with E-state index in [2.05, 4.69) is 10.3 Å². The Morgan fingerprint density at radius 2 is 1.93 bits per heavy atom. The molecule has 1 rings (SSSR count). The molecule has 1 amide bonds. The number of hydrogen-bond donors (Lipinski definition) is 1. The highest BCUT2D eigenvalue weighted by atomic mass is 35.5. The van der Waals surface area contributed by atoms with Gasteiger partial charge in [-0.15, -0.1) is 0 Å². The lowest BCUT2D eigenvalue weighted by Gasteiger charge is -2.03. The average Bonchev–Trinajstić information content (AvgIpc) is 2.18. The van der Waals surface area contributed by atoms with Crippen LogP contribution >= 0.6 is 11.6 Å². The SMILES string of the molecule is CN=C(C)NC(=O)c1ccc(Cl)cc1. The molecule has 0 spiro atoms. The van der Waals surface area contributed by atoms with Gasteiger partial charge in [0, 0.05) is 17.6 Å². The maximum atomic E-state index is 11.5. The Balaban J connectivity index is 2.75. The van der Waals surface area contributed by atoms with Crippen LogP contribution in [0.15, 0.2) is 29.3 Å². The normalized spacial score (nSPS) is 11.2. The first-order valence-corrected chi connectivity index (χ1v) is 4.51. The Hall–Kier alpha value is -1.35. The van der Waals surface area contributed by atoms with Crippen LogP contribution in [-0.2, 0) is 0 Å². The molecule has 0 saturated heterocycles. The van der Waals surface area contributed by atoms with Crippen LogP contribution in [0.4, 0.5) is 0 Å². The van der Waals surface area contributed by atoms with Gasteiger partial charge in [-0.3, -0.25) is 9.79 Å². The summed E-state index contributed by atoms with van der Waals surface area (Å²) in [4.78, 5) is 15.3. The molecule has 14 heavy (non-hydrogen) atoms. The second-order valence-electron chi connectivity index (χ2n) is 2.77. The minimum Gasteiger partial charge on any atom is -0.311 e. The van der Waals surface area contributed by atoms with Gasteiger partial charge < -0.3 is 5.32 Å². The number of amidine groups is 1. The molecule has 0 atom stereocenters. The van der Waals surface area contributed by atoms with E-state index in [0.29, 0.717) is 16.4 Å². The van der Waals surface area contributed by atoms with Crippen LogP contribution in [0.1, 0.15) is 17.3 Å². The van der Waals surface area contributed by atoms with E-state index >= 15 is 0 Å². The molecular weight excluding hydrogens is 200 g/mol. The summed E-state index contributed by atoms with van der Waals surface area (Å²) in [5.74, 6) is 0.412. The van der Waals surface area contributed by atoms with Gasteiger partial charge in [-0.25, -0.2) is 0 Å². The van der Waals surface area contributed by atoms with Crippen molar-refractivity contribution in [3.63, 3.8) is 0 Å². The number of rotatable bonds is 1. The lowest BCUT2D eigenvalue weighted by molar-refractivity contribution is 0.0977. The van der Waals surface area contributed by atoms with Crippen molar-refractivity contribution in [3.8, 4) is 0 Å². The van der Waals surface area contributed by atoms with Crippen molar-refractivity contribution in [3.05, 3.63) is 34.9 Å². The minimum atomic E-state index is -0.176. The molecule has 3 nitrogen and oxygen atoms in total. The van der Waals surface area contributed by atoms with Crippen molar-refractivity contribution in [2.75, 3.05) is 7.05 Å². The van der Waals surface area contributed by atoms with E-state index in [0.717, 1.165) is 0 Å². The third-order valence-corrected chi connectivity index (χ3v) is 1.99. The van der Waals surface area contributed by atoms with Crippen molar-refractivity contribution in [2.45, 2.75) is 6.92 Å². The van der Waals surface area contributed by atoms with Gasteiger partial charge in [0.2, 0.25) is 0 Å². The van der Waals surface area contributed by atoms with Crippen LogP contribution in [0.3, 0.4) is 0 Å². The Kier molecular flexibility index (Phi) is 3.65. The lowest BCUT2D eigenvalue weighted by Crippen LogP contribution is -2.28. The van der Waals surface area contributed by atoms with Crippen LogP contribution in [0.5, 0.6) is 0 Å². The topological polar surface area (TPSA) is 41.5 Å². The predicted octanol–water partition coefficient (Wildman–Crippen LogP) is 2.12. The summed E-state index contributed by atoms with van der Waals surface area (Å²) in [6.45, 7) is 1.73. The summed E-state index contributed by atoms with van der Waals surface area (Å²) in [5, 5.41) is 3.25. The van der Waals surface area contributed by atoms with E-state index in [1.165, 1.54) is 0 Å². The molecule has 1 aromatic rings. The Morgan fingerprint density at radius 1 is 1.36 bits per heavy atom. The summed E-state index contributed by atoms with van der Waals surface area (Å²) in [6, 6.07) is 6.69. The molecular formula is C10H11ClN2O. The number of halogens is 1. The zero-order valence-electron chi connectivity index (χ0n) is 8.04. The van der Waals surface area contributed by atoms with Gasteiger partial charge in [0.25, 0.3) is 5.91 Å². The molecule has 0 heterocycles. The summed E-state index contributed by atoms with van der Waals surface area (Å²) >= 11 is 5.69. The molecule has 1 aromatic carbocycles. The van der Waals surface area contributed by atoms with Gasteiger partial charge in [0.15, 0.2) is 0 Å². The number of aliphatic imine (C=N–C) groups is 1. The highest BCUT2D eigenvalue weighted by Crippen LogP contribution is 2.09. The van der Waals surface area contributed by atoms with Crippen molar-refractivity contribution in [1.82, 2.24) is 5.32 Å². The molecule has 0 aliphatic heterocycles. The molecule has 0 saturated carbocycles. The van der Waals surface area contributed by atoms with E-state index in [-0.39, 0.29) is 5.91 Å². The average molecular weight is 211 g/mol. The van der Waals surface area contributed by atoms with Gasteiger partial charge in [0.1, 0.15) is 0 Å². The number of nitrogens with zero attached hydrogens (tertiary/aromatic N) is 1. The van der Waals surface area contributed by atoms with E-state index in [1.807, 2.05) is 0 Å². The number of amides is 1. The van der Waals surface area contributed by atoms with Crippen LogP contribution in [0.2, 0.25) is 5.02 Å². The monoisotopic (exact) mass is 210 g/mol. The Labute approximate surface area is 87.8 Å². The summed E-state index contributed by atoms with van der Waals surface area (Å²) in [6.07, 6.45) is 0. The fraction of sp³-hybridized carbons (Fsp3) is 0.200. The lowest BCUT2D eigenvalue weighted by atomic mass is 10.2. The van der Waals surface area contributed by atoms with Crippen molar-refractivity contribution >= 4 is 23.3 Å². The summed E-state index contributed by atoms with van der Waals surface area (Å²) in [7, 11) is 1.62. The zero-order chi connectivity index (χ0) is 10.6. The van der Waals surface area contributed by atoms with Crippen LogP contribution in [-0.4, -0.2) is 18.8 Å². The van der Waals surface area contributed by atoms with Crippen molar-refractivity contribution in [2.24, 2.45) is 4.99 Å². The number of benzene rings is 1. The molecule has 0 aliphatic carbocycles. The zero-order valence-corrected chi connectivity index (χ0v) is 8.80. The standard InChI is InChI=1S/C10H11ClN2O/c1-7(12-2)13-10(14)8-3-5-9(11)6-4-8/h3-6H,1-2H3,(H,12,13,14). The Bertz CT molecular complexity index is 357. The van der Waals surface area contributed by atoms with Crippen molar-refractivity contribution in [1.29, 1.82) is 0 Å². The highest BCUT2D eigenvalue weighted by molar-refractivity contribution is 6.30. The number of nitrogens with one attached hydrogen (secondary N) is 1. The van der Waals surface area contributed by atoms with Gasteiger partial charge in [0.05, 0.1) is 5.84 Å². The quantitative estimate of drug-likeness (QED) is 0.560. The van der Waals surface area contributed by atoms with Crippen molar-refractivity contribution < 1.29 is 4.79 Å². The maximum Gasteiger partial charge on any atom is 0.256 e. The smallest absolute Gasteiger partial charge is 0.256 e. The maximum absolute atomic E-state index is 11.5. The molecule has 0 aliphatic rings. The Morgan fingerprint density at radius 3 is 2.43 bits per heavy atom. The van der Waals surface area contributed by atoms with E-state index in [1.54, 1.807) is 38.2 Å². The molecule has 0 fully saturated rings. The van der Waals surface area contributed by atoms with Crippen LogP contribution in [0.25, 0.3) is 0 Å². The second kappa shape index (κ2) is 4.77. The largest absolute Gasteiger partial charge is 0.311 e. The fourth-order valence-corrected chi connectivity index (χ4v) is 1.02. The molecule has 0 unspecified atom stereocenters.